The van der Waals surface area contributed by atoms with Gasteiger partial charge in [0, 0.05) is 23.0 Å². The second kappa shape index (κ2) is 12.7. The molecule has 0 aliphatic heterocycles. The molecule has 1 heterocycles. The van der Waals surface area contributed by atoms with Crippen LogP contribution < -0.4 is 10.2 Å². The highest BCUT2D eigenvalue weighted by Crippen LogP contribution is 2.42. The zero-order valence-corrected chi connectivity index (χ0v) is 27.1. The van der Waals surface area contributed by atoms with Crippen LogP contribution in [0, 0.1) is 0 Å². The van der Waals surface area contributed by atoms with Crippen molar-refractivity contribution in [3.05, 3.63) is 96.3 Å². The Bertz CT molecular complexity index is 2470. The molecule has 4 N–H and O–H groups in total. The van der Waals surface area contributed by atoms with E-state index in [1.165, 1.54) is 24.3 Å². The van der Waals surface area contributed by atoms with E-state index in [2.05, 4.69) is 30.5 Å². The summed E-state index contributed by atoms with van der Waals surface area (Å²) in [5.41, 5.74) is 0.371. The Morgan fingerprint density at radius 2 is 1.46 bits per heavy atom. The first kappa shape index (κ1) is 32.7. The standard InChI is InChI=1S/C31H24ClN7O7S2/c1-2-39(20-9-4-3-5-10-20)31-35-29(32)34-30(36-31)33-25-17-21(47(41,42)43)16-19-13-14-23(27(40)26(19)25)37-38-24-15-12-18-8-6-7-11-22(18)28(24)48(44,45)46/h3-17,40H,2H2,1H3,(H,41,42,43)(H,44,45,46)(H,33,34,35,36). The Labute approximate surface area is 278 Å². The second-order valence-corrected chi connectivity index (χ2v) is 13.3. The predicted molar refractivity (Wildman–Crippen MR) is 181 cm³/mol. The first-order chi connectivity index (χ1) is 22.8. The SMILES string of the molecule is CCN(c1ccccc1)c1nc(Cl)nc(Nc2cc(S(=O)(=O)O)cc3ccc(N=Nc4ccc5ccccc5c4S(=O)(=O)O)c(O)c23)n1. The molecule has 14 nitrogen and oxygen atoms in total. The Hall–Kier alpha value is -5.26. The highest BCUT2D eigenvalue weighted by Gasteiger charge is 2.22. The minimum Gasteiger partial charge on any atom is -0.505 e. The number of benzene rings is 5. The second-order valence-electron chi connectivity index (χ2n) is 10.2. The Morgan fingerprint density at radius 1 is 0.792 bits per heavy atom. The fraction of sp³-hybridized carbons (Fsp3) is 0.0645. The van der Waals surface area contributed by atoms with Gasteiger partial charge in [-0.05, 0) is 65.7 Å². The van der Waals surface area contributed by atoms with Crippen LogP contribution in [0.15, 0.2) is 111 Å². The number of rotatable bonds is 9. The molecule has 0 saturated heterocycles. The van der Waals surface area contributed by atoms with Gasteiger partial charge < -0.3 is 15.3 Å². The minimum absolute atomic E-state index is 0.0286. The van der Waals surface area contributed by atoms with E-state index in [-0.39, 0.29) is 50.4 Å². The maximum atomic E-state index is 12.3. The lowest BCUT2D eigenvalue weighted by molar-refractivity contribution is 0.480. The number of fused-ring (bicyclic) bond motifs is 2. The monoisotopic (exact) mass is 705 g/mol. The topological polar surface area (TPSA) is 208 Å². The predicted octanol–water partition coefficient (Wildman–Crippen LogP) is 7.35. The van der Waals surface area contributed by atoms with Gasteiger partial charge in [0.1, 0.15) is 16.3 Å². The molecule has 0 radical (unpaired) electrons. The first-order valence-electron chi connectivity index (χ1n) is 14.0. The smallest absolute Gasteiger partial charge is 0.297 e. The number of halogens is 1. The normalized spacial score (nSPS) is 12.2. The molecule has 48 heavy (non-hydrogen) atoms. The molecule has 0 aliphatic rings. The van der Waals surface area contributed by atoms with Crippen molar-refractivity contribution in [1.29, 1.82) is 0 Å². The van der Waals surface area contributed by atoms with E-state index in [1.54, 1.807) is 29.2 Å². The van der Waals surface area contributed by atoms with Crippen molar-refractivity contribution in [1.82, 2.24) is 15.0 Å². The lowest BCUT2D eigenvalue weighted by Gasteiger charge is -2.21. The molecule has 0 aliphatic carbocycles. The zero-order valence-electron chi connectivity index (χ0n) is 24.7. The van der Waals surface area contributed by atoms with Crippen LogP contribution in [-0.4, -0.2) is 52.5 Å². The number of hydrogen-bond donors (Lipinski definition) is 4. The largest absolute Gasteiger partial charge is 0.505 e. The Morgan fingerprint density at radius 3 is 2.17 bits per heavy atom. The number of hydrogen-bond acceptors (Lipinski definition) is 12. The number of phenols is 1. The van der Waals surface area contributed by atoms with Gasteiger partial charge in [-0.2, -0.15) is 31.8 Å². The summed E-state index contributed by atoms with van der Waals surface area (Å²) < 4.78 is 68.9. The summed E-state index contributed by atoms with van der Waals surface area (Å²) in [5.74, 6) is -0.437. The lowest BCUT2D eigenvalue weighted by atomic mass is 10.1. The van der Waals surface area contributed by atoms with E-state index in [0.717, 1.165) is 17.8 Å². The molecule has 0 amide bonds. The van der Waals surface area contributed by atoms with Crippen molar-refractivity contribution >= 4 is 88.0 Å². The van der Waals surface area contributed by atoms with E-state index in [4.69, 9.17) is 11.6 Å². The van der Waals surface area contributed by atoms with E-state index in [1.807, 2.05) is 37.3 Å². The molecule has 6 aromatic rings. The first-order valence-corrected chi connectivity index (χ1v) is 17.3. The highest BCUT2D eigenvalue weighted by molar-refractivity contribution is 7.86. The summed E-state index contributed by atoms with van der Waals surface area (Å²) in [6.45, 7) is 2.34. The number of para-hydroxylation sites is 1. The maximum absolute atomic E-state index is 12.3. The van der Waals surface area contributed by atoms with Crippen LogP contribution in [0.25, 0.3) is 21.5 Å². The third kappa shape index (κ3) is 6.60. The third-order valence-electron chi connectivity index (χ3n) is 7.19. The summed E-state index contributed by atoms with van der Waals surface area (Å²) in [5, 5.41) is 23.1. The van der Waals surface area contributed by atoms with Crippen LogP contribution in [0.5, 0.6) is 5.75 Å². The average Bonchev–Trinajstić information content (AvgIpc) is 3.03. The van der Waals surface area contributed by atoms with E-state index in [0.29, 0.717) is 11.9 Å². The van der Waals surface area contributed by atoms with Crippen LogP contribution in [0.3, 0.4) is 0 Å². The fourth-order valence-electron chi connectivity index (χ4n) is 5.11. The van der Waals surface area contributed by atoms with Crippen molar-refractivity contribution in [2.24, 2.45) is 10.2 Å². The van der Waals surface area contributed by atoms with Crippen molar-refractivity contribution in [2.45, 2.75) is 16.7 Å². The maximum Gasteiger partial charge on any atom is 0.297 e. The molecule has 0 spiro atoms. The van der Waals surface area contributed by atoms with Crippen LogP contribution >= 0.6 is 11.6 Å². The summed E-state index contributed by atoms with van der Waals surface area (Å²) >= 11 is 6.26. The molecule has 0 fully saturated rings. The van der Waals surface area contributed by atoms with Crippen molar-refractivity contribution in [2.75, 3.05) is 16.8 Å². The molecule has 1 aromatic heterocycles. The van der Waals surface area contributed by atoms with Crippen LogP contribution in [-0.2, 0) is 20.2 Å². The Balaban J connectivity index is 1.48. The van der Waals surface area contributed by atoms with Gasteiger partial charge in [-0.25, -0.2) is 0 Å². The number of phenolic OH excluding ortho intramolecular Hbond substituents is 1. The molecule has 6 rings (SSSR count). The molecule has 17 heteroatoms. The third-order valence-corrected chi connectivity index (χ3v) is 9.14. The van der Waals surface area contributed by atoms with Crippen molar-refractivity contribution in [3.8, 4) is 5.75 Å². The molecule has 0 unspecified atom stereocenters. The molecule has 5 aromatic carbocycles. The van der Waals surface area contributed by atoms with Gasteiger partial charge in [-0.15, -0.1) is 10.2 Å². The van der Waals surface area contributed by atoms with Crippen LogP contribution in [0.1, 0.15) is 6.92 Å². The minimum atomic E-state index is -4.74. The number of nitrogens with one attached hydrogen (secondary N) is 1. The number of aromatic hydroxyl groups is 1. The molecular weight excluding hydrogens is 682 g/mol. The molecule has 0 atom stereocenters. The van der Waals surface area contributed by atoms with Crippen LogP contribution in [0.2, 0.25) is 5.28 Å². The van der Waals surface area contributed by atoms with E-state index >= 15 is 0 Å². The number of aromatic nitrogens is 3. The van der Waals surface area contributed by atoms with Gasteiger partial charge in [0.25, 0.3) is 20.2 Å². The number of anilines is 4. The van der Waals surface area contributed by atoms with Gasteiger partial charge >= 0.3 is 0 Å². The lowest BCUT2D eigenvalue weighted by Crippen LogP contribution is -2.19. The van der Waals surface area contributed by atoms with Gasteiger partial charge in [-0.1, -0.05) is 54.6 Å². The van der Waals surface area contributed by atoms with Gasteiger partial charge in [0.2, 0.25) is 17.2 Å². The molecule has 0 bridgehead atoms. The van der Waals surface area contributed by atoms with E-state index < -0.39 is 35.8 Å². The Kier molecular flexibility index (Phi) is 8.67. The zero-order chi connectivity index (χ0) is 34.2. The molecule has 0 saturated carbocycles. The van der Waals surface area contributed by atoms with E-state index in [9.17, 15) is 31.0 Å². The average molecular weight is 706 g/mol. The summed E-state index contributed by atoms with van der Waals surface area (Å²) in [6.07, 6.45) is 0. The number of azo groups is 1. The highest BCUT2D eigenvalue weighted by atomic mass is 35.5. The number of nitrogens with zero attached hydrogens (tertiary/aromatic N) is 6. The van der Waals surface area contributed by atoms with Gasteiger partial charge in [0.05, 0.1) is 10.6 Å². The van der Waals surface area contributed by atoms with Crippen molar-refractivity contribution < 1.29 is 31.0 Å². The fourth-order valence-corrected chi connectivity index (χ4v) is 6.65. The van der Waals surface area contributed by atoms with Crippen LogP contribution in [0.4, 0.5) is 34.6 Å². The molecule has 244 valence electrons. The van der Waals surface area contributed by atoms with Crippen molar-refractivity contribution in [3.63, 3.8) is 0 Å². The summed E-state index contributed by atoms with van der Waals surface area (Å²) in [7, 11) is -9.46. The summed E-state index contributed by atoms with van der Waals surface area (Å²) in [4.78, 5) is 13.6. The molecular formula is C31H24ClN7O7S2. The quantitative estimate of drug-likeness (QED) is 0.0860. The van der Waals surface area contributed by atoms with Gasteiger partial charge in [-0.3, -0.25) is 9.11 Å². The van der Waals surface area contributed by atoms with Gasteiger partial charge in [0.15, 0.2) is 5.75 Å². The summed E-state index contributed by atoms with van der Waals surface area (Å²) in [6, 6.07) is 23.6.